The van der Waals surface area contributed by atoms with Gasteiger partial charge in [-0.15, -0.1) is 0 Å². The first-order valence-corrected chi connectivity index (χ1v) is 8.73. The Morgan fingerprint density at radius 3 is 2.85 bits per heavy atom. The van der Waals surface area contributed by atoms with E-state index in [0.717, 1.165) is 0 Å². The van der Waals surface area contributed by atoms with E-state index in [4.69, 9.17) is 4.52 Å². The van der Waals surface area contributed by atoms with Crippen molar-refractivity contribution in [2.45, 2.75) is 44.9 Å². The van der Waals surface area contributed by atoms with Crippen molar-refractivity contribution < 1.29 is 19.2 Å². The van der Waals surface area contributed by atoms with Crippen LogP contribution in [0.1, 0.15) is 41.5 Å². The van der Waals surface area contributed by atoms with Crippen LogP contribution in [0, 0.1) is 12.8 Å². The zero-order valence-electron chi connectivity index (χ0n) is 15.2. The molecule has 2 amide bonds. The first-order valence-electron chi connectivity index (χ1n) is 8.73. The third-order valence-corrected chi connectivity index (χ3v) is 4.59. The van der Waals surface area contributed by atoms with Gasteiger partial charge in [0.05, 0.1) is 24.9 Å². The summed E-state index contributed by atoms with van der Waals surface area (Å²) in [6.07, 6.45) is 4.86. The summed E-state index contributed by atoms with van der Waals surface area (Å²) in [5, 5.41) is 16.7. The minimum Gasteiger partial charge on any atom is -0.391 e. The van der Waals surface area contributed by atoms with Crippen LogP contribution < -0.4 is 5.32 Å². The average Bonchev–Trinajstić information content (AvgIpc) is 3.08. The van der Waals surface area contributed by atoms with Crippen molar-refractivity contribution in [2.24, 2.45) is 5.92 Å². The second kappa shape index (κ2) is 8.21. The molecule has 10 heteroatoms. The molecule has 1 aliphatic carbocycles. The van der Waals surface area contributed by atoms with Crippen LogP contribution in [-0.4, -0.2) is 61.1 Å². The molecule has 1 saturated carbocycles. The summed E-state index contributed by atoms with van der Waals surface area (Å²) in [6.45, 7) is 1.93. The Kier molecular flexibility index (Phi) is 5.75. The highest BCUT2D eigenvalue weighted by molar-refractivity contribution is 5.92. The molecule has 0 saturated heterocycles. The zero-order valence-corrected chi connectivity index (χ0v) is 15.2. The molecule has 0 bridgehead atoms. The van der Waals surface area contributed by atoms with E-state index >= 15 is 0 Å². The van der Waals surface area contributed by atoms with Crippen LogP contribution in [0.2, 0.25) is 0 Å². The second-order valence-electron chi connectivity index (χ2n) is 6.68. The minimum atomic E-state index is -0.710. The van der Waals surface area contributed by atoms with Crippen LogP contribution in [0.4, 0.5) is 0 Å². The van der Waals surface area contributed by atoms with Crippen molar-refractivity contribution in [3.05, 3.63) is 36.0 Å². The molecule has 1 aliphatic rings. The average molecular weight is 374 g/mol. The molecule has 2 aromatic rings. The van der Waals surface area contributed by atoms with Crippen LogP contribution in [0.25, 0.3) is 0 Å². The summed E-state index contributed by atoms with van der Waals surface area (Å²) in [6, 6.07) is -0.527. The number of aromatic nitrogens is 4. The number of nitrogens with one attached hydrogen (secondary N) is 1. The molecular formula is C17H22N6O4. The van der Waals surface area contributed by atoms with E-state index in [0.29, 0.717) is 31.0 Å². The summed E-state index contributed by atoms with van der Waals surface area (Å²) in [4.78, 5) is 38.4. The van der Waals surface area contributed by atoms with Gasteiger partial charge in [0.15, 0.2) is 5.82 Å². The van der Waals surface area contributed by atoms with Crippen molar-refractivity contribution in [2.75, 3.05) is 7.05 Å². The molecule has 0 aliphatic heterocycles. The highest BCUT2D eigenvalue weighted by Crippen LogP contribution is 2.27. The highest BCUT2D eigenvalue weighted by atomic mass is 16.5. The van der Waals surface area contributed by atoms with E-state index < -0.39 is 18.1 Å². The van der Waals surface area contributed by atoms with Crippen LogP contribution in [-0.2, 0) is 11.3 Å². The molecule has 2 heterocycles. The van der Waals surface area contributed by atoms with Gasteiger partial charge in [-0.2, -0.15) is 4.98 Å². The van der Waals surface area contributed by atoms with Gasteiger partial charge in [0, 0.05) is 25.4 Å². The molecule has 10 nitrogen and oxygen atoms in total. The monoisotopic (exact) mass is 374 g/mol. The van der Waals surface area contributed by atoms with Gasteiger partial charge < -0.3 is 19.8 Å². The number of aliphatic hydroxyl groups excluding tert-OH is 1. The standard InChI is InChI=1S/C17H22N6O4/c1-10-20-15(27-22-10)9-23(2)17(26)11-3-4-14(24)12(7-11)21-16(25)13-8-18-5-6-19-13/h5-6,8,11-12,14,24H,3-4,7,9H2,1-2H3,(H,21,25)/t11-,12+,14+/m0/s1. The van der Waals surface area contributed by atoms with E-state index in [1.165, 1.54) is 23.5 Å². The number of aliphatic hydroxyl groups is 1. The van der Waals surface area contributed by atoms with Crippen molar-refractivity contribution in [1.29, 1.82) is 0 Å². The molecule has 0 spiro atoms. The van der Waals surface area contributed by atoms with Crippen molar-refractivity contribution in [1.82, 2.24) is 30.3 Å². The second-order valence-corrected chi connectivity index (χ2v) is 6.68. The van der Waals surface area contributed by atoms with E-state index in [2.05, 4.69) is 25.4 Å². The lowest BCUT2D eigenvalue weighted by molar-refractivity contribution is -0.137. The van der Waals surface area contributed by atoms with E-state index in [9.17, 15) is 14.7 Å². The van der Waals surface area contributed by atoms with Crippen LogP contribution in [0.3, 0.4) is 0 Å². The summed E-state index contributed by atoms with van der Waals surface area (Å²) in [5.41, 5.74) is 0.169. The van der Waals surface area contributed by atoms with E-state index in [-0.39, 0.29) is 24.1 Å². The summed E-state index contributed by atoms with van der Waals surface area (Å²) in [7, 11) is 1.67. The van der Waals surface area contributed by atoms with Crippen molar-refractivity contribution in [3.8, 4) is 0 Å². The molecule has 0 unspecified atom stereocenters. The molecular weight excluding hydrogens is 352 g/mol. The summed E-state index contributed by atoms with van der Waals surface area (Å²) in [5.74, 6) is 0.0612. The lowest BCUT2D eigenvalue weighted by Gasteiger charge is -2.34. The number of hydrogen-bond acceptors (Lipinski definition) is 8. The largest absolute Gasteiger partial charge is 0.391 e. The van der Waals surface area contributed by atoms with Gasteiger partial charge in [-0.1, -0.05) is 5.16 Å². The van der Waals surface area contributed by atoms with Gasteiger partial charge in [-0.05, 0) is 26.2 Å². The number of aryl methyl sites for hydroxylation is 1. The molecule has 144 valence electrons. The van der Waals surface area contributed by atoms with Gasteiger partial charge in [0.2, 0.25) is 11.8 Å². The maximum Gasteiger partial charge on any atom is 0.271 e. The predicted octanol–water partition coefficient (Wildman–Crippen LogP) is 0.0860. The minimum absolute atomic E-state index is 0.0866. The first-order chi connectivity index (χ1) is 12.9. The van der Waals surface area contributed by atoms with Gasteiger partial charge in [-0.3, -0.25) is 14.6 Å². The van der Waals surface area contributed by atoms with Gasteiger partial charge in [0.1, 0.15) is 5.69 Å². The molecule has 27 heavy (non-hydrogen) atoms. The van der Waals surface area contributed by atoms with E-state index in [1.54, 1.807) is 14.0 Å². The highest BCUT2D eigenvalue weighted by Gasteiger charge is 2.35. The molecule has 1 fully saturated rings. The number of hydrogen-bond donors (Lipinski definition) is 2. The van der Waals surface area contributed by atoms with Crippen molar-refractivity contribution >= 4 is 11.8 Å². The summed E-state index contributed by atoms with van der Waals surface area (Å²) < 4.78 is 5.05. The number of carbonyl (C=O) groups is 2. The van der Waals surface area contributed by atoms with Gasteiger partial charge >= 0.3 is 0 Å². The van der Waals surface area contributed by atoms with E-state index in [1.807, 2.05) is 0 Å². The number of rotatable bonds is 5. The Balaban J connectivity index is 1.60. The Morgan fingerprint density at radius 2 is 2.19 bits per heavy atom. The fourth-order valence-electron chi connectivity index (χ4n) is 3.19. The molecule has 2 aromatic heterocycles. The third kappa shape index (κ3) is 4.64. The molecule has 2 N–H and O–H groups in total. The van der Waals surface area contributed by atoms with Crippen molar-refractivity contribution in [3.63, 3.8) is 0 Å². The van der Waals surface area contributed by atoms with Crippen LogP contribution in [0.5, 0.6) is 0 Å². The topological polar surface area (TPSA) is 134 Å². The van der Waals surface area contributed by atoms with Crippen LogP contribution >= 0.6 is 0 Å². The quantitative estimate of drug-likeness (QED) is 0.752. The number of nitrogens with zero attached hydrogens (tertiary/aromatic N) is 5. The maximum atomic E-state index is 12.7. The third-order valence-electron chi connectivity index (χ3n) is 4.59. The fraction of sp³-hybridized carbons (Fsp3) is 0.529. The number of amides is 2. The smallest absolute Gasteiger partial charge is 0.271 e. The maximum absolute atomic E-state index is 12.7. The number of carbonyl (C=O) groups excluding carboxylic acids is 2. The van der Waals surface area contributed by atoms with Gasteiger partial charge in [-0.25, -0.2) is 4.98 Å². The Morgan fingerprint density at radius 1 is 1.37 bits per heavy atom. The molecule has 0 aromatic carbocycles. The predicted molar refractivity (Wildman–Crippen MR) is 92.1 cm³/mol. The molecule has 3 atom stereocenters. The molecule has 3 rings (SSSR count). The lowest BCUT2D eigenvalue weighted by atomic mass is 9.83. The first kappa shape index (κ1) is 18.9. The van der Waals surface area contributed by atoms with Gasteiger partial charge in [0.25, 0.3) is 5.91 Å². The SMILES string of the molecule is Cc1noc(CN(C)C(=O)[C@H]2CC[C@@H](O)[C@H](NC(=O)c3cnccn3)C2)n1. The summed E-state index contributed by atoms with van der Waals surface area (Å²) >= 11 is 0. The Bertz CT molecular complexity index is 796. The Labute approximate surface area is 156 Å². The molecule has 0 radical (unpaired) electrons. The Hall–Kier alpha value is -2.88. The fourth-order valence-corrected chi connectivity index (χ4v) is 3.19. The normalized spacial score (nSPS) is 22.3. The van der Waals surface area contributed by atoms with Crippen LogP contribution in [0.15, 0.2) is 23.1 Å². The lowest BCUT2D eigenvalue weighted by Crippen LogP contribution is -2.49. The zero-order chi connectivity index (χ0) is 19.4.